The van der Waals surface area contributed by atoms with Gasteiger partial charge < -0.3 is 9.47 Å². The van der Waals surface area contributed by atoms with Gasteiger partial charge in [0.25, 0.3) is 0 Å². The van der Waals surface area contributed by atoms with Crippen LogP contribution >= 0.6 is 35.1 Å². The number of benzene rings is 1. The number of hydrogen-bond donors (Lipinski definition) is 1. The molecule has 0 spiro atoms. The van der Waals surface area contributed by atoms with Gasteiger partial charge in [-0.25, -0.2) is 35.0 Å². The summed E-state index contributed by atoms with van der Waals surface area (Å²) < 4.78 is 9.76. The quantitative estimate of drug-likeness (QED) is 0.120. The van der Waals surface area contributed by atoms with Crippen molar-refractivity contribution in [2.45, 2.75) is 30.8 Å². The Morgan fingerprint density at radius 3 is 2.00 bits per heavy atom. The van der Waals surface area contributed by atoms with Gasteiger partial charge in [0.05, 0.1) is 19.8 Å². The Labute approximate surface area is 222 Å². The van der Waals surface area contributed by atoms with Crippen LogP contribution in [0.3, 0.4) is 0 Å². The van der Waals surface area contributed by atoms with Crippen LogP contribution < -0.4 is 5.48 Å². The summed E-state index contributed by atoms with van der Waals surface area (Å²) in [7, 11) is 0. The molecule has 3 rings (SSSR count). The molecule has 36 heavy (non-hydrogen) atoms. The Kier molecular flexibility index (Phi) is 13.0. The van der Waals surface area contributed by atoms with Gasteiger partial charge in [-0.15, -0.1) is 0 Å². The number of halogens is 1. The number of carbonyl (C=O) groups is 2. The van der Waals surface area contributed by atoms with Crippen molar-refractivity contribution in [2.24, 2.45) is 0 Å². The van der Waals surface area contributed by atoms with Crippen molar-refractivity contribution in [2.75, 3.05) is 31.2 Å². The van der Waals surface area contributed by atoms with Crippen molar-refractivity contribution in [3.63, 3.8) is 0 Å². The van der Waals surface area contributed by atoms with Gasteiger partial charge in [-0.2, -0.15) is 0 Å². The number of hydrogen-bond acceptors (Lipinski definition) is 12. The number of carbonyl (C=O) groups excluding carboxylic acids is 2. The Morgan fingerprint density at radius 1 is 0.889 bits per heavy atom. The third kappa shape index (κ3) is 9.26. The van der Waals surface area contributed by atoms with Gasteiger partial charge in [0.2, 0.25) is 0 Å². The molecule has 0 unspecified atom stereocenters. The summed E-state index contributed by atoms with van der Waals surface area (Å²) in [6.07, 6.45) is 6.49. The predicted molar refractivity (Wildman–Crippen MR) is 139 cm³/mol. The molecular weight excluding hydrogens is 526 g/mol. The molecule has 3 aromatic rings. The van der Waals surface area contributed by atoms with Crippen LogP contribution in [0, 0.1) is 0 Å². The van der Waals surface area contributed by atoms with E-state index in [-0.39, 0.29) is 22.9 Å². The number of anilines is 1. The summed E-state index contributed by atoms with van der Waals surface area (Å²) in [6, 6.07) is 9.69. The summed E-state index contributed by atoms with van der Waals surface area (Å²) in [5.41, 5.74) is 4.16. The largest absolute Gasteiger partial charge is 0.462 e. The Bertz CT molecular complexity index is 1140. The van der Waals surface area contributed by atoms with Gasteiger partial charge in [0.15, 0.2) is 16.1 Å². The second-order valence-corrected chi connectivity index (χ2v) is 8.40. The number of ether oxygens (including phenoxy) is 2. The van der Waals surface area contributed by atoms with E-state index in [0.717, 1.165) is 5.56 Å². The van der Waals surface area contributed by atoms with Gasteiger partial charge in [-0.3, -0.25) is 4.84 Å². The molecule has 192 valence electrons. The van der Waals surface area contributed by atoms with Crippen molar-refractivity contribution in [3.05, 3.63) is 64.6 Å². The van der Waals surface area contributed by atoms with E-state index < -0.39 is 11.9 Å². The minimum Gasteiger partial charge on any atom is -0.462 e. The first kappa shape index (κ1) is 29.3. The number of esters is 2. The van der Waals surface area contributed by atoms with Crippen LogP contribution in [0.1, 0.15) is 40.1 Å². The van der Waals surface area contributed by atoms with Crippen LogP contribution in [0.15, 0.2) is 53.0 Å². The lowest BCUT2D eigenvalue weighted by Gasteiger charge is -2.11. The Morgan fingerprint density at radius 2 is 1.44 bits per heavy atom. The fourth-order valence-corrected chi connectivity index (χ4v) is 3.39. The van der Waals surface area contributed by atoms with E-state index in [4.69, 9.17) is 25.9 Å². The molecule has 0 saturated heterocycles. The molecule has 0 fully saturated rings. The van der Waals surface area contributed by atoms with E-state index in [1.807, 2.05) is 42.8 Å². The second kappa shape index (κ2) is 15.9. The monoisotopic (exact) mass is 551 g/mol. The maximum Gasteiger partial charge on any atom is 0.343 e. The highest BCUT2D eigenvalue weighted by Gasteiger charge is 2.16. The van der Waals surface area contributed by atoms with E-state index in [1.54, 1.807) is 13.8 Å². The Hall–Kier alpha value is -2.93. The van der Waals surface area contributed by atoms with E-state index in [2.05, 4.69) is 25.4 Å². The summed E-state index contributed by atoms with van der Waals surface area (Å²) in [5, 5.41) is 1.20. The highest BCUT2D eigenvalue weighted by atomic mass is 35.5. The van der Waals surface area contributed by atoms with Gasteiger partial charge >= 0.3 is 11.9 Å². The molecule has 2 aromatic heterocycles. The normalized spacial score (nSPS) is 10.1. The van der Waals surface area contributed by atoms with Gasteiger partial charge in [-0.1, -0.05) is 65.5 Å². The highest BCUT2D eigenvalue weighted by molar-refractivity contribution is 7.98. The van der Waals surface area contributed by atoms with E-state index in [0.29, 0.717) is 29.3 Å². The molecule has 0 amide bonds. The summed E-state index contributed by atoms with van der Waals surface area (Å²) in [6.45, 7) is 4.41. The third-order valence-electron chi connectivity index (χ3n) is 4.09. The zero-order valence-corrected chi connectivity index (χ0v) is 22.6. The van der Waals surface area contributed by atoms with E-state index in [9.17, 15) is 9.59 Å². The topological polar surface area (TPSA) is 125 Å². The second-order valence-electron chi connectivity index (χ2n) is 6.50. The first-order valence-electron chi connectivity index (χ1n) is 10.7. The summed E-state index contributed by atoms with van der Waals surface area (Å²) in [4.78, 5) is 44.7. The molecule has 0 atom stereocenters. The zero-order valence-electron chi connectivity index (χ0n) is 20.2. The molecule has 0 aliphatic rings. The maximum absolute atomic E-state index is 11.9. The fraction of sp³-hybridized carbons (Fsp3) is 0.304. The number of thioether (sulfide) groups is 2. The molecule has 0 bridgehead atoms. The predicted octanol–water partition coefficient (Wildman–Crippen LogP) is 4.95. The summed E-state index contributed by atoms with van der Waals surface area (Å²) in [5.74, 6) is -0.681. The average molecular weight is 552 g/mol. The molecular formula is C23H26ClN5O5S2. The van der Waals surface area contributed by atoms with Gasteiger partial charge in [-0.05, 0) is 31.9 Å². The molecule has 0 aliphatic heterocycles. The van der Waals surface area contributed by atoms with Crippen molar-refractivity contribution in [3.8, 4) is 0 Å². The molecule has 2 heterocycles. The molecule has 13 heteroatoms. The SMILES string of the molecule is CCOC(=O)c1cnc(SC)nc1Cl.CCOC(=O)c1cnc(SC)nc1NOCc1ccccc1. The first-order valence-corrected chi connectivity index (χ1v) is 13.5. The van der Waals surface area contributed by atoms with Crippen LogP contribution in [0.4, 0.5) is 5.82 Å². The Balaban J connectivity index is 0.000000281. The molecule has 0 aliphatic carbocycles. The zero-order chi connectivity index (χ0) is 26.3. The minimum absolute atomic E-state index is 0.128. The van der Waals surface area contributed by atoms with Crippen LogP contribution in [0.5, 0.6) is 0 Å². The fourth-order valence-electron chi connectivity index (χ4n) is 2.45. The van der Waals surface area contributed by atoms with E-state index in [1.165, 1.54) is 35.9 Å². The van der Waals surface area contributed by atoms with Gasteiger partial charge in [0, 0.05) is 12.4 Å². The van der Waals surface area contributed by atoms with Crippen LogP contribution in [0.2, 0.25) is 5.15 Å². The average Bonchev–Trinajstić information content (AvgIpc) is 2.89. The van der Waals surface area contributed by atoms with Crippen LogP contribution in [0.25, 0.3) is 0 Å². The van der Waals surface area contributed by atoms with Crippen molar-refractivity contribution in [1.82, 2.24) is 19.9 Å². The highest BCUT2D eigenvalue weighted by Crippen LogP contribution is 2.19. The number of nitrogens with zero attached hydrogens (tertiary/aromatic N) is 4. The lowest BCUT2D eigenvalue weighted by Crippen LogP contribution is -2.13. The molecule has 0 saturated carbocycles. The van der Waals surface area contributed by atoms with Gasteiger partial charge in [0.1, 0.15) is 16.3 Å². The molecule has 10 nitrogen and oxygen atoms in total. The lowest BCUT2D eigenvalue weighted by atomic mass is 10.2. The maximum atomic E-state index is 11.9. The molecule has 1 N–H and O–H groups in total. The first-order chi connectivity index (χ1) is 17.4. The number of aromatic nitrogens is 4. The lowest BCUT2D eigenvalue weighted by molar-refractivity contribution is 0.0515. The molecule has 1 aromatic carbocycles. The number of nitrogens with one attached hydrogen (secondary N) is 1. The van der Waals surface area contributed by atoms with Crippen molar-refractivity contribution < 1.29 is 23.9 Å². The minimum atomic E-state index is -0.495. The van der Waals surface area contributed by atoms with Crippen LogP contribution in [-0.4, -0.2) is 57.6 Å². The third-order valence-corrected chi connectivity index (χ3v) is 5.50. The standard InChI is InChI=1S/C15H17N3O3S.C8H9ClN2O2S/c1-3-20-14(19)12-9-16-15(22-2)17-13(12)18-21-10-11-7-5-4-6-8-11;1-3-13-7(12)5-4-10-8(14-2)11-6(5)9/h4-9H,3,10H2,1-2H3,(H,16,17,18);4H,3H2,1-2H3. The van der Waals surface area contributed by atoms with Crippen molar-refractivity contribution in [1.29, 1.82) is 0 Å². The smallest absolute Gasteiger partial charge is 0.343 e. The van der Waals surface area contributed by atoms with Crippen LogP contribution in [-0.2, 0) is 20.9 Å². The number of rotatable bonds is 10. The van der Waals surface area contributed by atoms with E-state index >= 15 is 0 Å². The van der Waals surface area contributed by atoms with Crippen molar-refractivity contribution >= 4 is 52.9 Å². The molecule has 0 radical (unpaired) electrons. The summed E-state index contributed by atoms with van der Waals surface area (Å²) >= 11 is 8.51.